The normalized spacial score (nSPS) is 35.4. The molecule has 2 aliphatic rings. The van der Waals surface area contributed by atoms with Gasteiger partial charge in [-0.05, 0) is 32.6 Å². The van der Waals surface area contributed by atoms with Gasteiger partial charge >= 0.3 is 0 Å². The van der Waals surface area contributed by atoms with Gasteiger partial charge in [-0.25, -0.2) is 0 Å². The van der Waals surface area contributed by atoms with Crippen LogP contribution in [0.1, 0.15) is 52.9 Å². The maximum atomic E-state index is 13.0. The first-order valence-corrected chi connectivity index (χ1v) is 8.21. The molecule has 0 aromatic rings. The highest BCUT2D eigenvalue weighted by Gasteiger charge is 2.64. The number of aliphatic hydroxyl groups excluding tert-OH is 1. The Balaban J connectivity index is 2.11. The van der Waals surface area contributed by atoms with E-state index in [1.807, 2.05) is 25.7 Å². The summed E-state index contributed by atoms with van der Waals surface area (Å²) in [6, 6.07) is 0.138. The Bertz CT molecular complexity index is 384. The standard InChI is InChI=1S/C16H30N2O3/c1-4-21-13-11-16(17,15(13,2)3)14(20)18-9-6-5-7-12(18)8-10-19/h12-13,19H,4-11,17H2,1-3H3. The molecule has 1 saturated heterocycles. The molecular formula is C16H30N2O3. The summed E-state index contributed by atoms with van der Waals surface area (Å²) in [4.78, 5) is 14.9. The first-order chi connectivity index (χ1) is 9.88. The first kappa shape index (κ1) is 16.7. The van der Waals surface area contributed by atoms with Crippen molar-refractivity contribution in [1.82, 2.24) is 4.90 Å². The molecule has 1 amide bonds. The predicted octanol–water partition coefficient (Wildman–Crippen LogP) is 1.28. The molecule has 3 atom stereocenters. The van der Waals surface area contributed by atoms with Gasteiger partial charge in [0, 0.05) is 37.6 Å². The van der Waals surface area contributed by atoms with E-state index in [0.717, 1.165) is 25.8 Å². The van der Waals surface area contributed by atoms with E-state index in [0.29, 0.717) is 19.4 Å². The number of amides is 1. The van der Waals surface area contributed by atoms with Crippen LogP contribution in [-0.2, 0) is 9.53 Å². The van der Waals surface area contributed by atoms with Gasteiger partial charge in [-0.15, -0.1) is 0 Å². The minimum atomic E-state index is -0.835. The lowest BCUT2D eigenvalue weighted by atomic mass is 9.54. The van der Waals surface area contributed by atoms with E-state index in [1.54, 1.807) is 0 Å². The summed E-state index contributed by atoms with van der Waals surface area (Å²) >= 11 is 0. The number of rotatable bonds is 5. The van der Waals surface area contributed by atoms with Gasteiger partial charge in [0.1, 0.15) is 5.54 Å². The van der Waals surface area contributed by atoms with E-state index in [-0.39, 0.29) is 30.1 Å². The third-order valence-electron chi connectivity index (χ3n) is 5.56. The zero-order valence-electron chi connectivity index (χ0n) is 13.6. The van der Waals surface area contributed by atoms with Crippen LogP contribution in [0.15, 0.2) is 0 Å². The number of ether oxygens (including phenoxy) is 1. The second kappa shape index (κ2) is 6.23. The summed E-state index contributed by atoms with van der Waals surface area (Å²) in [5, 5.41) is 9.22. The Morgan fingerprint density at radius 1 is 1.43 bits per heavy atom. The highest BCUT2D eigenvalue weighted by Crippen LogP contribution is 2.51. The molecule has 0 radical (unpaired) electrons. The summed E-state index contributed by atoms with van der Waals surface area (Å²) in [6.45, 7) is 7.56. The van der Waals surface area contributed by atoms with Crippen molar-refractivity contribution in [1.29, 1.82) is 0 Å². The van der Waals surface area contributed by atoms with Crippen LogP contribution >= 0.6 is 0 Å². The Morgan fingerprint density at radius 2 is 2.14 bits per heavy atom. The molecule has 1 aliphatic carbocycles. The van der Waals surface area contributed by atoms with Crippen molar-refractivity contribution >= 4 is 5.91 Å². The number of carbonyl (C=O) groups excluding carboxylic acids is 1. The maximum Gasteiger partial charge on any atom is 0.243 e. The number of nitrogens with two attached hydrogens (primary N) is 1. The monoisotopic (exact) mass is 298 g/mol. The molecule has 0 bridgehead atoms. The maximum absolute atomic E-state index is 13.0. The van der Waals surface area contributed by atoms with E-state index in [9.17, 15) is 9.90 Å². The van der Waals surface area contributed by atoms with Gasteiger partial charge in [-0.1, -0.05) is 13.8 Å². The summed E-state index contributed by atoms with van der Waals surface area (Å²) in [5.74, 6) is 0.0432. The average Bonchev–Trinajstić information content (AvgIpc) is 2.47. The minimum absolute atomic E-state index is 0.0432. The smallest absolute Gasteiger partial charge is 0.243 e. The number of aliphatic hydroxyl groups is 1. The van der Waals surface area contributed by atoms with Gasteiger partial charge in [0.05, 0.1) is 6.10 Å². The van der Waals surface area contributed by atoms with Crippen LogP contribution in [0.2, 0.25) is 0 Å². The lowest BCUT2D eigenvalue weighted by Gasteiger charge is -2.59. The van der Waals surface area contributed by atoms with Crippen LogP contribution in [0, 0.1) is 5.41 Å². The topological polar surface area (TPSA) is 75.8 Å². The van der Waals surface area contributed by atoms with Crippen LogP contribution in [0.25, 0.3) is 0 Å². The Morgan fingerprint density at radius 3 is 2.71 bits per heavy atom. The molecule has 1 heterocycles. The first-order valence-electron chi connectivity index (χ1n) is 8.21. The lowest BCUT2D eigenvalue weighted by molar-refractivity contribution is -0.182. The SMILES string of the molecule is CCOC1CC(N)(C(=O)N2CCCCC2CCO)C1(C)C. The highest BCUT2D eigenvalue weighted by molar-refractivity contribution is 5.89. The summed E-state index contributed by atoms with van der Waals surface area (Å²) < 4.78 is 5.71. The van der Waals surface area contributed by atoms with Crippen molar-refractivity contribution in [2.24, 2.45) is 11.1 Å². The molecule has 21 heavy (non-hydrogen) atoms. The van der Waals surface area contributed by atoms with Gasteiger partial charge in [-0.2, -0.15) is 0 Å². The van der Waals surface area contributed by atoms with Gasteiger partial charge in [-0.3, -0.25) is 4.79 Å². The zero-order chi connectivity index (χ0) is 15.7. The van der Waals surface area contributed by atoms with Gasteiger partial charge in [0.15, 0.2) is 0 Å². The van der Waals surface area contributed by atoms with Crippen LogP contribution in [-0.4, -0.2) is 53.4 Å². The fourth-order valence-corrected chi connectivity index (χ4v) is 3.77. The molecule has 3 N–H and O–H groups in total. The van der Waals surface area contributed by atoms with Crippen LogP contribution in [0.5, 0.6) is 0 Å². The van der Waals surface area contributed by atoms with Crippen molar-refractivity contribution in [3.63, 3.8) is 0 Å². The molecule has 0 aromatic carbocycles. The van der Waals surface area contributed by atoms with Crippen molar-refractivity contribution in [2.75, 3.05) is 19.8 Å². The molecule has 2 rings (SSSR count). The molecule has 5 heteroatoms. The van der Waals surface area contributed by atoms with E-state index in [2.05, 4.69) is 0 Å². The van der Waals surface area contributed by atoms with E-state index >= 15 is 0 Å². The van der Waals surface area contributed by atoms with Crippen LogP contribution < -0.4 is 5.73 Å². The fourth-order valence-electron chi connectivity index (χ4n) is 3.77. The van der Waals surface area contributed by atoms with Crippen molar-refractivity contribution in [3.8, 4) is 0 Å². The molecule has 0 aromatic heterocycles. The van der Waals surface area contributed by atoms with Gasteiger partial charge in [0.2, 0.25) is 5.91 Å². The Hall–Kier alpha value is -0.650. The number of carbonyl (C=O) groups is 1. The van der Waals surface area contributed by atoms with Gasteiger partial charge in [0.25, 0.3) is 0 Å². The molecule has 3 unspecified atom stereocenters. The average molecular weight is 298 g/mol. The number of likely N-dealkylation sites (tertiary alicyclic amines) is 1. The highest BCUT2D eigenvalue weighted by atomic mass is 16.5. The van der Waals surface area contributed by atoms with E-state index in [1.165, 1.54) is 0 Å². The van der Waals surface area contributed by atoms with Crippen LogP contribution in [0.3, 0.4) is 0 Å². The van der Waals surface area contributed by atoms with E-state index in [4.69, 9.17) is 10.5 Å². The molecular weight excluding hydrogens is 268 g/mol. The molecule has 1 aliphatic heterocycles. The quantitative estimate of drug-likeness (QED) is 0.802. The van der Waals surface area contributed by atoms with Crippen molar-refractivity contribution in [2.45, 2.75) is 70.6 Å². The minimum Gasteiger partial charge on any atom is -0.396 e. The predicted molar refractivity (Wildman–Crippen MR) is 81.8 cm³/mol. The third kappa shape index (κ3) is 2.71. The summed E-state index contributed by atoms with van der Waals surface area (Å²) in [7, 11) is 0. The third-order valence-corrected chi connectivity index (χ3v) is 5.56. The number of hydrogen-bond donors (Lipinski definition) is 2. The fraction of sp³-hybridized carbons (Fsp3) is 0.938. The molecule has 122 valence electrons. The molecule has 1 saturated carbocycles. The Kier molecular flexibility index (Phi) is 4.96. The lowest BCUT2D eigenvalue weighted by Crippen LogP contribution is -2.76. The molecule has 0 spiro atoms. The molecule has 5 nitrogen and oxygen atoms in total. The largest absolute Gasteiger partial charge is 0.396 e. The van der Waals surface area contributed by atoms with Crippen molar-refractivity contribution in [3.05, 3.63) is 0 Å². The molecule has 2 fully saturated rings. The summed E-state index contributed by atoms with van der Waals surface area (Å²) in [6.07, 6.45) is 4.41. The summed E-state index contributed by atoms with van der Waals surface area (Å²) in [5.41, 5.74) is 5.32. The number of piperidine rings is 1. The Labute approximate surface area is 127 Å². The van der Waals surface area contributed by atoms with E-state index < -0.39 is 5.54 Å². The zero-order valence-corrected chi connectivity index (χ0v) is 13.6. The number of nitrogens with zero attached hydrogens (tertiary/aromatic N) is 1. The van der Waals surface area contributed by atoms with Crippen LogP contribution in [0.4, 0.5) is 0 Å². The second-order valence-electron chi connectivity index (χ2n) is 7.00. The second-order valence-corrected chi connectivity index (χ2v) is 7.00. The van der Waals surface area contributed by atoms with Gasteiger partial charge < -0.3 is 20.5 Å². The number of hydrogen-bond acceptors (Lipinski definition) is 4. The van der Waals surface area contributed by atoms with Crippen molar-refractivity contribution < 1.29 is 14.6 Å².